The minimum atomic E-state index is -5.39. The predicted octanol–water partition coefficient (Wildman–Crippen LogP) is -2.63. The first kappa shape index (κ1) is 23.5. The van der Waals surface area contributed by atoms with E-state index in [1.807, 2.05) is 0 Å². The fourth-order valence-electron chi connectivity index (χ4n) is 0. The Morgan fingerprint density at radius 3 is 1.12 bits per heavy atom. The Balaban J connectivity index is -0.0000000267. The number of rotatable bonds is 0. The molecule has 0 aliphatic rings. The molecule has 8 heavy (non-hydrogen) atoms. The smallest absolute Gasteiger partial charge is 0.870 e. The summed E-state index contributed by atoms with van der Waals surface area (Å²) in [5.41, 5.74) is 0. The van der Waals surface area contributed by atoms with Crippen molar-refractivity contribution in [1.29, 1.82) is 0 Å². The Kier molecular flexibility index (Phi) is 22.2. The standard InChI is InChI=1S/Fe.H3N.H3O4P.H2O/c;;1-5(2,3)4;/h;1H3;(H3,1,2,3,4);1H2/q+3;;;/p-3. The van der Waals surface area contributed by atoms with Crippen LogP contribution in [0.5, 0.6) is 0 Å². The van der Waals surface area contributed by atoms with Crippen LogP contribution in [0.1, 0.15) is 0 Å². The Morgan fingerprint density at radius 1 is 1.12 bits per heavy atom. The average molecular weight is 186 g/mol. The van der Waals surface area contributed by atoms with Gasteiger partial charge < -0.3 is 30.9 Å². The molecule has 0 fully saturated rings. The molecule has 0 aliphatic heterocycles. The summed E-state index contributed by atoms with van der Waals surface area (Å²) >= 11 is 0. The van der Waals surface area contributed by atoms with Crippen LogP contribution in [-0.2, 0) is 21.6 Å². The summed E-state index contributed by atoms with van der Waals surface area (Å²) < 4.78 is 8.55. The van der Waals surface area contributed by atoms with Crippen molar-refractivity contribution in [2.75, 3.05) is 0 Å². The van der Waals surface area contributed by atoms with E-state index in [0.29, 0.717) is 0 Å². The largest absolute Gasteiger partial charge is 3.00 e. The minimum Gasteiger partial charge on any atom is -0.870 e. The zero-order valence-corrected chi connectivity index (χ0v) is 5.88. The van der Waals surface area contributed by atoms with E-state index in [2.05, 4.69) is 0 Å². The summed E-state index contributed by atoms with van der Waals surface area (Å²) in [6, 6.07) is 0. The summed E-state index contributed by atoms with van der Waals surface area (Å²) in [6.45, 7) is 0. The minimum absolute atomic E-state index is 0. The van der Waals surface area contributed by atoms with Gasteiger partial charge in [0.1, 0.15) is 0 Å². The van der Waals surface area contributed by atoms with Gasteiger partial charge in [-0.3, -0.25) is 0 Å². The van der Waals surface area contributed by atoms with E-state index in [9.17, 15) is 0 Å². The van der Waals surface area contributed by atoms with Crippen LogP contribution in [0.15, 0.2) is 0 Å². The van der Waals surface area contributed by atoms with Crippen LogP contribution < -0.4 is 20.8 Å². The van der Waals surface area contributed by atoms with E-state index in [4.69, 9.17) is 19.2 Å². The van der Waals surface area contributed by atoms with Crippen molar-refractivity contribution in [1.82, 2.24) is 6.15 Å². The van der Waals surface area contributed by atoms with Gasteiger partial charge in [-0.05, 0) is 0 Å². The number of hydrogen-bond acceptors (Lipinski definition) is 5. The quantitative estimate of drug-likeness (QED) is 0.323. The molecule has 53 valence electrons. The number of phosphoric acid groups is 1. The molecule has 8 heteroatoms. The molecule has 0 saturated carbocycles. The zero-order chi connectivity index (χ0) is 4.50. The van der Waals surface area contributed by atoms with Crippen LogP contribution >= 0.6 is 7.82 Å². The summed E-state index contributed by atoms with van der Waals surface area (Å²) in [4.78, 5) is 25.6. The van der Waals surface area contributed by atoms with Crippen molar-refractivity contribution in [3.05, 3.63) is 0 Å². The second kappa shape index (κ2) is 7.55. The third-order valence-electron chi connectivity index (χ3n) is 0. The molecule has 0 bridgehead atoms. The van der Waals surface area contributed by atoms with Crippen molar-refractivity contribution in [2.45, 2.75) is 0 Å². The molecule has 0 heterocycles. The molecule has 5 N–H and O–H groups in total. The van der Waals surface area contributed by atoms with Gasteiger partial charge in [0, 0.05) is 0 Å². The molecule has 0 rings (SSSR count). The SMILES string of the molecule is O=P([O-])([O-])[O-].[Fe+3].[NH4+].[OH-]. The summed E-state index contributed by atoms with van der Waals surface area (Å²) in [6.07, 6.45) is 0. The Morgan fingerprint density at radius 2 is 1.12 bits per heavy atom. The fraction of sp³-hybridized carbons (Fsp3) is 0. The number of quaternary nitrogens is 1. The number of hydrogen-bond donors (Lipinski definition) is 1. The molecule has 0 amide bonds. The Hall–Kier alpha value is 0.549. The van der Waals surface area contributed by atoms with Crippen LogP contribution in [0.4, 0.5) is 0 Å². The van der Waals surface area contributed by atoms with Crippen LogP contribution in [-0.4, -0.2) is 5.48 Å². The second-order valence-electron chi connectivity index (χ2n) is 0.447. The van der Waals surface area contributed by atoms with E-state index in [-0.39, 0.29) is 28.7 Å². The summed E-state index contributed by atoms with van der Waals surface area (Å²) in [5, 5.41) is 0. The van der Waals surface area contributed by atoms with Crippen molar-refractivity contribution < 1.29 is 41.8 Å². The second-order valence-corrected chi connectivity index (χ2v) is 1.34. The molecule has 0 spiro atoms. The topological polar surface area (TPSA) is 153 Å². The van der Waals surface area contributed by atoms with Gasteiger partial charge >= 0.3 is 17.1 Å². The Labute approximate surface area is 56.5 Å². The van der Waals surface area contributed by atoms with E-state index in [1.54, 1.807) is 0 Å². The van der Waals surface area contributed by atoms with Gasteiger partial charge in [0.2, 0.25) is 0 Å². The van der Waals surface area contributed by atoms with E-state index < -0.39 is 7.82 Å². The van der Waals surface area contributed by atoms with Crippen LogP contribution in [0.2, 0.25) is 0 Å². The molecule has 0 aromatic heterocycles. The van der Waals surface area contributed by atoms with Gasteiger partial charge in [-0.1, -0.05) is 0 Å². The molecule has 0 unspecified atom stereocenters. The first-order valence-corrected chi connectivity index (χ1v) is 2.19. The molecule has 1 radical (unpaired) electrons. The first-order valence-electron chi connectivity index (χ1n) is 0.730. The molecule has 6 nitrogen and oxygen atoms in total. The third-order valence-corrected chi connectivity index (χ3v) is 0. The predicted molar refractivity (Wildman–Crippen MR) is 15.5 cm³/mol. The molecule has 0 saturated heterocycles. The van der Waals surface area contributed by atoms with E-state index in [1.165, 1.54) is 0 Å². The van der Waals surface area contributed by atoms with Gasteiger partial charge in [0.25, 0.3) is 0 Å². The van der Waals surface area contributed by atoms with E-state index >= 15 is 0 Å². The summed E-state index contributed by atoms with van der Waals surface area (Å²) in [5.74, 6) is 0. The van der Waals surface area contributed by atoms with Crippen LogP contribution in [0.3, 0.4) is 0 Å². The molecule has 0 aromatic carbocycles. The van der Waals surface area contributed by atoms with Gasteiger partial charge in [-0.2, -0.15) is 7.82 Å². The molecular weight excluding hydrogens is 181 g/mol. The van der Waals surface area contributed by atoms with Crippen LogP contribution in [0, 0.1) is 0 Å². The fourth-order valence-corrected chi connectivity index (χ4v) is 0. The van der Waals surface area contributed by atoms with Gasteiger partial charge in [0.05, 0.1) is 0 Å². The van der Waals surface area contributed by atoms with Crippen LogP contribution in [0.25, 0.3) is 0 Å². The average Bonchev–Trinajstić information content (AvgIpc) is 0.722. The maximum atomic E-state index is 8.55. The third kappa shape index (κ3) is 668. The van der Waals surface area contributed by atoms with E-state index in [0.717, 1.165) is 0 Å². The maximum Gasteiger partial charge on any atom is 3.00 e. The molecule has 0 atom stereocenters. The van der Waals surface area contributed by atoms with Crippen molar-refractivity contribution >= 4 is 7.82 Å². The molecular formula is H5FeNO5P. The zero-order valence-electron chi connectivity index (χ0n) is 3.88. The monoisotopic (exact) mass is 186 g/mol. The van der Waals surface area contributed by atoms with Gasteiger partial charge in [-0.25, -0.2) is 0 Å². The van der Waals surface area contributed by atoms with Crippen molar-refractivity contribution in [3.63, 3.8) is 0 Å². The molecule has 0 aliphatic carbocycles. The maximum absolute atomic E-state index is 8.55. The Bertz CT molecular complexity index is 58.6. The summed E-state index contributed by atoms with van der Waals surface area (Å²) in [7, 11) is -5.39. The van der Waals surface area contributed by atoms with Crippen molar-refractivity contribution in [3.8, 4) is 0 Å². The molecule has 0 aromatic rings. The first-order chi connectivity index (χ1) is 2.00. The normalized spacial score (nSPS) is 7.38. The van der Waals surface area contributed by atoms with Crippen molar-refractivity contribution in [2.24, 2.45) is 0 Å². The van der Waals surface area contributed by atoms with Gasteiger partial charge in [0.15, 0.2) is 0 Å². The van der Waals surface area contributed by atoms with Gasteiger partial charge in [-0.15, -0.1) is 0 Å².